The number of benzene rings is 2. The van der Waals surface area contributed by atoms with Gasteiger partial charge < -0.3 is 4.74 Å². The maximum atomic E-state index is 13.5. The maximum absolute atomic E-state index is 13.5. The lowest BCUT2D eigenvalue weighted by Crippen LogP contribution is -2.51. The molecule has 10 heteroatoms. The van der Waals surface area contributed by atoms with E-state index in [0.29, 0.717) is 30.2 Å². The number of rotatable bonds is 11. The van der Waals surface area contributed by atoms with Gasteiger partial charge in [0, 0.05) is 12.4 Å². The topological polar surface area (TPSA) is 95.9 Å². The van der Waals surface area contributed by atoms with Crippen molar-refractivity contribution in [3.63, 3.8) is 0 Å². The molecule has 0 aliphatic heterocycles. The second kappa shape index (κ2) is 11.4. The number of amides is 1. The van der Waals surface area contributed by atoms with E-state index in [1.807, 2.05) is 0 Å². The van der Waals surface area contributed by atoms with Crippen molar-refractivity contribution >= 4 is 27.5 Å². The minimum atomic E-state index is -4.16. The molecule has 0 aliphatic carbocycles. The van der Waals surface area contributed by atoms with Crippen LogP contribution in [0.2, 0.25) is 0 Å². The number of alkyl halides is 1. The summed E-state index contributed by atoms with van der Waals surface area (Å²) in [4.78, 5) is 12.3. The third-order valence-corrected chi connectivity index (χ3v) is 6.66. The number of halogens is 2. The first-order valence-corrected chi connectivity index (χ1v) is 11.7. The fraction of sp³-hybridized carbons (Fsp3) is 0.381. The third-order valence-electron chi connectivity index (χ3n) is 4.55. The summed E-state index contributed by atoms with van der Waals surface area (Å²) in [6.45, 7) is 3.55. The largest absolute Gasteiger partial charge is 0.494 e. The first-order valence-electron chi connectivity index (χ1n) is 9.69. The molecule has 0 bridgehead atoms. The Labute approximate surface area is 186 Å². The highest BCUT2D eigenvalue weighted by atomic mass is 35.5. The number of sulfonamides is 1. The fourth-order valence-corrected chi connectivity index (χ4v) is 4.84. The van der Waals surface area contributed by atoms with Crippen LogP contribution < -0.4 is 10.2 Å². The van der Waals surface area contributed by atoms with Crippen molar-refractivity contribution in [1.82, 2.24) is 9.79 Å². The molecule has 170 valence electrons. The third kappa shape index (κ3) is 6.64. The van der Waals surface area contributed by atoms with Crippen molar-refractivity contribution < 1.29 is 27.5 Å². The number of ether oxygens (including phenoxy) is 1. The predicted molar refractivity (Wildman–Crippen MR) is 115 cm³/mol. The number of nitrogens with zero attached hydrogens (tertiary/aromatic N) is 1. The Morgan fingerprint density at radius 2 is 1.77 bits per heavy atom. The molecule has 0 saturated heterocycles. The van der Waals surface area contributed by atoms with Crippen LogP contribution in [0.25, 0.3) is 0 Å². The van der Waals surface area contributed by atoms with Crippen molar-refractivity contribution in [1.29, 1.82) is 0 Å². The molecule has 7 nitrogen and oxygen atoms in total. The summed E-state index contributed by atoms with van der Waals surface area (Å²) < 4.78 is 46.7. The highest BCUT2D eigenvalue weighted by molar-refractivity contribution is 7.89. The molecule has 0 aromatic heterocycles. The molecule has 0 spiro atoms. The number of hydroxylamine groups is 1. The molecule has 1 atom stereocenters. The molecular formula is C21H26ClFN2O5S. The van der Waals surface area contributed by atoms with E-state index in [4.69, 9.17) is 16.3 Å². The zero-order valence-corrected chi connectivity index (χ0v) is 18.9. The smallest absolute Gasteiger partial charge is 0.262 e. The van der Waals surface area contributed by atoms with Crippen molar-refractivity contribution in [3.05, 3.63) is 59.9 Å². The van der Waals surface area contributed by atoms with Gasteiger partial charge in [0.05, 0.1) is 11.5 Å². The zero-order chi connectivity index (χ0) is 23.0. The molecular weight excluding hydrogens is 447 g/mol. The van der Waals surface area contributed by atoms with Gasteiger partial charge in [-0.2, -0.15) is 4.31 Å². The van der Waals surface area contributed by atoms with E-state index in [9.17, 15) is 22.8 Å². The van der Waals surface area contributed by atoms with Gasteiger partial charge in [-0.3, -0.25) is 10.0 Å². The molecule has 0 heterocycles. The number of carbonyl (C=O) groups is 1. The van der Waals surface area contributed by atoms with E-state index >= 15 is 0 Å². The van der Waals surface area contributed by atoms with Crippen LogP contribution in [0.3, 0.4) is 0 Å². The number of carbonyl (C=O) groups excluding carboxylic acids is 1. The van der Waals surface area contributed by atoms with Crippen molar-refractivity contribution in [2.24, 2.45) is 5.92 Å². The van der Waals surface area contributed by atoms with E-state index in [-0.39, 0.29) is 11.4 Å². The standard InChI is InChI=1S/C21H26ClFN2O5S/c1-15(2)20(21(26)24-27)25(14-16-4-6-17(23)7-5-16)31(28,29)19-10-8-18(9-11-19)30-13-3-12-22/h4-11,15,20,27H,3,12-14H2,1-2H3,(H,24,26). The Kier molecular flexibility index (Phi) is 9.24. The summed E-state index contributed by atoms with van der Waals surface area (Å²) in [5.74, 6) is -0.838. The Bertz CT molecular complexity index is 953. The highest BCUT2D eigenvalue weighted by Gasteiger charge is 2.38. The molecule has 31 heavy (non-hydrogen) atoms. The molecule has 2 N–H and O–H groups in total. The Hall–Kier alpha value is -2.20. The van der Waals surface area contributed by atoms with Crippen LogP contribution in [-0.2, 0) is 21.4 Å². The van der Waals surface area contributed by atoms with Crippen LogP contribution in [0.5, 0.6) is 5.75 Å². The van der Waals surface area contributed by atoms with Gasteiger partial charge in [0.25, 0.3) is 5.91 Å². The SMILES string of the molecule is CC(C)C(C(=O)NO)N(Cc1ccc(F)cc1)S(=O)(=O)c1ccc(OCCCCl)cc1. The van der Waals surface area contributed by atoms with Gasteiger partial charge in [0.15, 0.2) is 0 Å². The Morgan fingerprint density at radius 3 is 2.29 bits per heavy atom. The number of hydrogen-bond donors (Lipinski definition) is 2. The van der Waals surface area contributed by atoms with Crippen LogP contribution in [-0.4, -0.2) is 42.4 Å². The molecule has 0 aliphatic rings. The quantitative estimate of drug-likeness (QED) is 0.226. The molecule has 0 fully saturated rings. The molecule has 2 rings (SSSR count). The lowest BCUT2D eigenvalue weighted by Gasteiger charge is -2.32. The Morgan fingerprint density at radius 1 is 1.16 bits per heavy atom. The summed E-state index contributed by atoms with van der Waals surface area (Å²) in [6.07, 6.45) is 0.652. The Balaban J connectivity index is 2.42. The van der Waals surface area contributed by atoms with Gasteiger partial charge in [-0.15, -0.1) is 11.6 Å². The van der Waals surface area contributed by atoms with Crippen LogP contribution in [0.1, 0.15) is 25.8 Å². The lowest BCUT2D eigenvalue weighted by atomic mass is 10.0. The highest BCUT2D eigenvalue weighted by Crippen LogP contribution is 2.26. The van der Waals surface area contributed by atoms with Crippen LogP contribution >= 0.6 is 11.6 Å². The molecule has 2 aromatic carbocycles. The summed E-state index contributed by atoms with van der Waals surface area (Å²) in [6, 6.07) is 9.93. The number of hydrogen-bond acceptors (Lipinski definition) is 5. The summed E-state index contributed by atoms with van der Waals surface area (Å²) >= 11 is 5.62. The van der Waals surface area contributed by atoms with Gasteiger partial charge in [0.1, 0.15) is 17.6 Å². The molecule has 0 saturated carbocycles. The lowest BCUT2D eigenvalue weighted by molar-refractivity contribution is -0.134. The van der Waals surface area contributed by atoms with Gasteiger partial charge in [0.2, 0.25) is 10.0 Å². The second-order valence-electron chi connectivity index (χ2n) is 7.20. The average Bonchev–Trinajstić information content (AvgIpc) is 2.74. The predicted octanol–water partition coefficient (Wildman–Crippen LogP) is 3.55. The van der Waals surface area contributed by atoms with Crippen molar-refractivity contribution in [2.45, 2.75) is 37.8 Å². The van der Waals surface area contributed by atoms with Crippen molar-refractivity contribution in [2.75, 3.05) is 12.5 Å². The number of nitrogens with one attached hydrogen (secondary N) is 1. The van der Waals surface area contributed by atoms with Crippen LogP contribution in [0, 0.1) is 11.7 Å². The van der Waals surface area contributed by atoms with Gasteiger partial charge >= 0.3 is 0 Å². The maximum Gasteiger partial charge on any atom is 0.262 e. The van der Waals surface area contributed by atoms with Gasteiger partial charge in [-0.25, -0.2) is 18.3 Å². The summed E-state index contributed by atoms with van der Waals surface area (Å²) in [5, 5.41) is 9.18. The van der Waals surface area contributed by atoms with Crippen LogP contribution in [0.15, 0.2) is 53.4 Å². The second-order valence-corrected chi connectivity index (χ2v) is 9.47. The normalized spacial score (nSPS) is 12.7. The molecule has 0 radical (unpaired) electrons. The molecule has 1 amide bonds. The first-order chi connectivity index (χ1) is 14.7. The van der Waals surface area contributed by atoms with E-state index in [1.165, 1.54) is 48.5 Å². The van der Waals surface area contributed by atoms with E-state index < -0.39 is 33.7 Å². The summed E-state index contributed by atoms with van der Waals surface area (Å²) in [7, 11) is -4.16. The average molecular weight is 473 g/mol. The summed E-state index contributed by atoms with van der Waals surface area (Å²) in [5.41, 5.74) is 2.04. The monoisotopic (exact) mass is 472 g/mol. The van der Waals surface area contributed by atoms with E-state index in [2.05, 4.69) is 0 Å². The van der Waals surface area contributed by atoms with Crippen molar-refractivity contribution in [3.8, 4) is 5.75 Å². The molecule has 2 aromatic rings. The fourth-order valence-electron chi connectivity index (χ4n) is 3.02. The molecule has 1 unspecified atom stereocenters. The van der Waals surface area contributed by atoms with Gasteiger partial charge in [-0.05, 0) is 54.3 Å². The zero-order valence-electron chi connectivity index (χ0n) is 17.3. The van der Waals surface area contributed by atoms with Gasteiger partial charge in [-0.1, -0.05) is 26.0 Å². The van der Waals surface area contributed by atoms with E-state index in [1.54, 1.807) is 19.3 Å². The van der Waals surface area contributed by atoms with E-state index in [0.717, 1.165) is 4.31 Å². The minimum absolute atomic E-state index is 0.0457. The first kappa shape index (κ1) is 25.1. The minimum Gasteiger partial charge on any atom is -0.494 e. The van der Waals surface area contributed by atoms with Crippen LogP contribution in [0.4, 0.5) is 4.39 Å².